The van der Waals surface area contributed by atoms with Crippen LogP contribution in [0.5, 0.6) is 0 Å². The first kappa shape index (κ1) is 16.2. The monoisotopic (exact) mass is 342 g/mol. The zero-order valence-corrected chi connectivity index (χ0v) is 14.1. The summed E-state index contributed by atoms with van der Waals surface area (Å²) < 4.78 is 27.0. The van der Waals surface area contributed by atoms with Gasteiger partial charge in [0, 0.05) is 25.7 Å². The average molecular weight is 342 g/mol. The smallest absolute Gasteiger partial charge is 0.242 e. The molecule has 2 heterocycles. The van der Waals surface area contributed by atoms with Crippen molar-refractivity contribution >= 4 is 5.91 Å². The molecule has 0 aliphatic carbocycles. The third kappa shape index (κ3) is 2.82. The van der Waals surface area contributed by atoms with Gasteiger partial charge in [-0.3, -0.25) is 10.1 Å². The van der Waals surface area contributed by atoms with E-state index in [1.54, 1.807) is 4.90 Å². The Bertz CT molecular complexity index is 818. The van der Waals surface area contributed by atoms with Crippen molar-refractivity contribution in [2.24, 2.45) is 0 Å². The molecule has 0 radical (unpaired) electrons. The fraction of sp³-hybridized carbons (Fsp3) is 0.350. The maximum atomic E-state index is 13.5. The number of likely N-dealkylation sites (tertiary alicyclic amines) is 1. The highest BCUT2D eigenvalue weighted by Crippen LogP contribution is 2.39. The lowest BCUT2D eigenvalue weighted by molar-refractivity contribution is -0.131. The number of hydrogen-bond acceptors (Lipinski definition) is 2. The van der Waals surface area contributed by atoms with E-state index in [4.69, 9.17) is 0 Å². The summed E-state index contributed by atoms with van der Waals surface area (Å²) in [6, 6.07) is 11.3. The van der Waals surface area contributed by atoms with Crippen LogP contribution in [-0.2, 0) is 4.79 Å². The SMILES string of the molecule is CN1CC[C@@]2(CC[C@@H](c3cccc(-c4cc(F)cc(F)c4)c3)N2)C1=O. The molecule has 2 aliphatic rings. The number of nitrogens with one attached hydrogen (secondary N) is 1. The van der Waals surface area contributed by atoms with Crippen LogP contribution < -0.4 is 5.32 Å². The van der Waals surface area contributed by atoms with Gasteiger partial charge in [0.05, 0.1) is 0 Å². The molecule has 2 aromatic carbocycles. The predicted octanol–water partition coefficient (Wildman–Crippen LogP) is 3.66. The summed E-state index contributed by atoms with van der Waals surface area (Å²) in [5, 5.41) is 3.52. The number of amides is 1. The van der Waals surface area contributed by atoms with Crippen molar-refractivity contribution in [1.82, 2.24) is 10.2 Å². The largest absolute Gasteiger partial charge is 0.344 e. The quantitative estimate of drug-likeness (QED) is 0.903. The van der Waals surface area contributed by atoms with Gasteiger partial charge in [0.15, 0.2) is 0 Å². The Morgan fingerprint density at radius 1 is 1.08 bits per heavy atom. The van der Waals surface area contributed by atoms with Crippen molar-refractivity contribution in [2.45, 2.75) is 30.8 Å². The molecule has 2 fully saturated rings. The van der Waals surface area contributed by atoms with Crippen molar-refractivity contribution < 1.29 is 13.6 Å². The van der Waals surface area contributed by atoms with Crippen molar-refractivity contribution in [1.29, 1.82) is 0 Å². The number of halogens is 2. The van der Waals surface area contributed by atoms with Gasteiger partial charge >= 0.3 is 0 Å². The van der Waals surface area contributed by atoms with Crippen LogP contribution in [0.1, 0.15) is 30.9 Å². The van der Waals surface area contributed by atoms with Gasteiger partial charge < -0.3 is 4.90 Å². The molecule has 1 N–H and O–H groups in total. The summed E-state index contributed by atoms with van der Waals surface area (Å²) in [4.78, 5) is 14.2. The van der Waals surface area contributed by atoms with Gasteiger partial charge in [0.1, 0.15) is 17.2 Å². The van der Waals surface area contributed by atoms with Crippen LogP contribution in [0.3, 0.4) is 0 Å². The number of carbonyl (C=O) groups excluding carboxylic acids is 1. The lowest BCUT2D eigenvalue weighted by Gasteiger charge is -2.23. The first-order valence-electron chi connectivity index (χ1n) is 8.57. The van der Waals surface area contributed by atoms with Gasteiger partial charge in [0.2, 0.25) is 5.91 Å². The van der Waals surface area contributed by atoms with E-state index in [0.29, 0.717) is 5.56 Å². The molecule has 0 saturated carbocycles. The zero-order chi connectivity index (χ0) is 17.6. The van der Waals surface area contributed by atoms with E-state index in [9.17, 15) is 13.6 Å². The Morgan fingerprint density at radius 2 is 1.84 bits per heavy atom. The molecule has 3 nitrogen and oxygen atoms in total. The summed E-state index contributed by atoms with van der Waals surface area (Å²) in [5.74, 6) is -1.01. The predicted molar refractivity (Wildman–Crippen MR) is 91.9 cm³/mol. The van der Waals surface area contributed by atoms with Crippen LogP contribution in [0, 0.1) is 11.6 Å². The zero-order valence-electron chi connectivity index (χ0n) is 14.1. The van der Waals surface area contributed by atoms with Gasteiger partial charge in [0.25, 0.3) is 0 Å². The first-order valence-corrected chi connectivity index (χ1v) is 8.57. The minimum atomic E-state index is -0.585. The Morgan fingerprint density at radius 3 is 2.52 bits per heavy atom. The third-order valence-corrected chi connectivity index (χ3v) is 5.43. The average Bonchev–Trinajstić information content (AvgIpc) is 3.14. The maximum Gasteiger partial charge on any atom is 0.242 e. The topological polar surface area (TPSA) is 32.3 Å². The molecule has 2 aromatic rings. The Kier molecular flexibility index (Phi) is 3.84. The van der Waals surface area contributed by atoms with E-state index in [1.807, 2.05) is 31.3 Å². The second-order valence-electron chi connectivity index (χ2n) is 7.08. The first-order chi connectivity index (χ1) is 12.0. The van der Waals surface area contributed by atoms with Gasteiger partial charge in [-0.05, 0) is 54.2 Å². The molecule has 2 saturated heterocycles. The fourth-order valence-corrected chi connectivity index (χ4v) is 4.07. The second-order valence-corrected chi connectivity index (χ2v) is 7.08. The minimum Gasteiger partial charge on any atom is -0.344 e. The third-order valence-electron chi connectivity index (χ3n) is 5.43. The van der Waals surface area contributed by atoms with E-state index < -0.39 is 17.2 Å². The lowest BCUT2D eigenvalue weighted by atomic mass is 9.95. The van der Waals surface area contributed by atoms with Crippen molar-refractivity contribution in [2.75, 3.05) is 13.6 Å². The number of nitrogens with zero attached hydrogens (tertiary/aromatic N) is 1. The standard InChI is InChI=1S/C20H20F2N2O/c1-24-8-7-20(19(24)25)6-5-18(23-20)14-4-2-3-13(9-14)15-10-16(21)12-17(22)11-15/h2-4,9-12,18,23H,5-8H2,1H3/t18-,20-/m0/s1. The highest BCUT2D eigenvalue weighted by molar-refractivity contribution is 5.88. The number of rotatable bonds is 2. The highest BCUT2D eigenvalue weighted by atomic mass is 19.1. The number of hydrogen-bond donors (Lipinski definition) is 1. The molecule has 130 valence electrons. The summed E-state index contributed by atoms with van der Waals surface area (Å²) in [5.41, 5.74) is 1.89. The lowest BCUT2D eigenvalue weighted by Crippen LogP contribution is -2.47. The Labute approximate surface area is 145 Å². The molecule has 2 aliphatic heterocycles. The molecule has 1 spiro atoms. The molecule has 4 rings (SSSR count). The van der Waals surface area contributed by atoms with Gasteiger partial charge in [-0.1, -0.05) is 18.2 Å². The summed E-state index contributed by atoms with van der Waals surface area (Å²) in [6.45, 7) is 0.779. The van der Waals surface area contributed by atoms with Crippen LogP contribution in [-0.4, -0.2) is 29.9 Å². The molecular formula is C20H20F2N2O. The maximum absolute atomic E-state index is 13.5. The van der Waals surface area contributed by atoms with E-state index in [0.717, 1.165) is 43.0 Å². The summed E-state index contributed by atoms with van der Waals surface area (Å²) in [7, 11) is 1.84. The Hall–Kier alpha value is -2.27. The molecule has 1 amide bonds. The molecular weight excluding hydrogens is 322 g/mol. The summed E-state index contributed by atoms with van der Waals surface area (Å²) >= 11 is 0. The van der Waals surface area contributed by atoms with Crippen LogP contribution in [0.15, 0.2) is 42.5 Å². The number of benzene rings is 2. The molecule has 0 aromatic heterocycles. The van der Waals surface area contributed by atoms with Gasteiger partial charge in [-0.25, -0.2) is 8.78 Å². The fourth-order valence-electron chi connectivity index (χ4n) is 4.07. The van der Waals surface area contributed by atoms with Crippen LogP contribution in [0.25, 0.3) is 11.1 Å². The van der Waals surface area contributed by atoms with E-state index in [2.05, 4.69) is 5.32 Å². The second kappa shape index (κ2) is 5.92. The van der Waals surface area contributed by atoms with Crippen molar-refractivity contribution in [3.63, 3.8) is 0 Å². The molecule has 5 heteroatoms. The van der Waals surface area contributed by atoms with E-state index >= 15 is 0 Å². The van der Waals surface area contributed by atoms with E-state index in [-0.39, 0.29) is 11.9 Å². The number of likely N-dealkylation sites (N-methyl/N-ethyl adjacent to an activating group) is 1. The minimum absolute atomic E-state index is 0.0776. The van der Waals surface area contributed by atoms with E-state index in [1.165, 1.54) is 12.1 Å². The number of carbonyl (C=O) groups is 1. The van der Waals surface area contributed by atoms with Crippen LogP contribution >= 0.6 is 0 Å². The van der Waals surface area contributed by atoms with Crippen molar-refractivity contribution in [3.05, 3.63) is 59.7 Å². The van der Waals surface area contributed by atoms with Gasteiger partial charge in [-0.15, -0.1) is 0 Å². The van der Waals surface area contributed by atoms with Crippen LogP contribution in [0.4, 0.5) is 8.78 Å². The van der Waals surface area contributed by atoms with Gasteiger partial charge in [-0.2, -0.15) is 0 Å². The summed E-state index contributed by atoms with van der Waals surface area (Å²) in [6.07, 6.45) is 2.52. The molecule has 25 heavy (non-hydrogen) atoms. The highest BCUT2D eigenvalue weighted by Gasteiger charge is 2.49. The molecule has 0 bridgehead atoms. The molecule has 0 unspecified atom stereocenters. The Balaban J connectivity index is 1.61. The molecule has 2 atom stereocenters. The van der Waals surface area contributed by atoms with Crippen molar-refractivity contribution in [3.8, 4) is 11.1 Å². The van der Waals surface area contributed by atoms with Crippen LogP contribution in [0.2, 0.25) is 0 Å². The normalized spacial score (nSPS) is 26.0.